The van der Waals surface area contributed by atoms with Crippen molar-refractivity contribution >= 4 is 28.3 Å². The number of hydrogen-bond donors (Lipinski definition) is 1. The molecule has 5 heteroatoms. The Labute approximate surface area is 134 Å². The summed E-state index contributed by atoms with van der Waals surface area (Å²) >= 11 is 6.22. The summed E-state index contributed by atoms with van der Waals surface area (Å²) in [6.45, 7) is 0.916. The van der Waals surface area contributed by atoms with Gasteiger partial charge in [0.25, 0.3) is 5.91 Å². The third-order valence-corrected chi connectivity index (χ3v) is 4.53. The number of carbonyl (C=O) groups excluding carboxylic acids is 1. The minimum Gasteiger partial charge on any atom is -0.396 e. The number of likely N-dealkylation sites (tertiary alicyclic amines) is 1. The monoisotopic (exact) mass is 318 g/mol. The largest absolute Gasteiger partial charge is 0.396 e. The van der Waals surface area contributed by atoms with Crippen LogP contribution < -0.4 is 0 Å². The molecule has 1 aliphatic rings. The number of aliphatic hydroxyl groups is 1. The van der Waals surface area contributed by atoms with E-state index in [1.54, 1.807) is 0 Å². The summed E-state index contributed by atoms with van der Waals surface area (Å²) in [4.78, 5) is 18.9. The highest BCUT2D eigenvalue weighted by atomic mass is 35.5. The Morgan fingerprint density at radius 1 is 1.41 bits per heavy atom. The molecule has 1 aromatic heterocycles. The molecule has 1 atom stereocenters. The van der Waals surface area contributed by atoms with Gasteiger partial charge in [-0.1, -0.05) is 35.9 Å². The topological polar surface area (TPSA) is 53.4 Å². The SMILES string of the molecule is O=C(c1cc2ccccc2c(Cl)n1)N1CCCC1CCCO. The van der Waals surface area contributed by atoms with Crippen LogP contribution in [0.15, 0.2) is 30.3 Å². The maximum absolute atomic E-state index is 12.8. The highest BCUT2D eigenvalue weighted by molar-refractivity contribution is 6.34. The molecule has 2 heterocycles. The Hall–Kier alpha value is -1.65. The second kappa shape index (κ2) is 6.63. The van der Waals surface area contributed by atoms with Gasteiger partial charge >= 0.3 is 0 Å². The van der Waals surface area contributed by atoms with Crippen molar-refractivity contribution in [1.29, 1.82) is 0 Å². The molecule has 1 aliphatic heterocycles. The lowest BCUT2D eigenvalue weighted by atomic mass is 10.1. The number of halogens is 1. The molecular weight excluding hydrogens is 300 g/mol. The van der Waals surface area contributed by atoms with Crippen molar-refractivity contribution in [3.8, 4) is 0 Å². The van der Waals surface area contributed by atoms with Gasteiger partial charge in [-0.15, -0.1) is 0 Å². The second-order valence-electron chi connectivity index (χ2n) is 5.68. The van der Waals surface area contributed by atoms with E-state index in [9.17, 15) is 4.79 Å². The zero-order valence-corrected chi connectivity index (χ0v) is 13.1. The first-order valence-electron chi connectivity index (χ1n) is 7.68. The summed E-state index contributed by atoms with van der Waals surface area (Å²) in [5.74, 6) is -0.0620. The fraction of sp³-hybridized carbons (Fsp3) is 0.412. The molecule has 3 rings (SSSR count). The van der Waals surface area contributed by atoms with E-state index in [0.717, 1.165) is 43.0 Å². The molecule has 1 unspecified atom stereocenters. The highest BCUT2D eigenvalue weighted by Crippen LogP contribution is 2.26. The molecule has 0 spiro atoms. The molecule has 1 amide bonds. The van der Waals surface area contributed by atoms with E-state index in [1.165, 1.54) is 0 Å². The third-order valence-electron chi connectivity index (χ3n) is 4.25. The number of benzene rings is 1. The van der Waals surface area contributed by atoms with Crippen LogP contribution in [-0.4, -0.2) is 40.1 Å². The van der Waals surface area contributed by atoms with Crippen LogP contribution in [0.5, 0.6) is 0 Å². The third kappa shape index (κ3) is 2.94. The molecule has 0 saturated carbocycles. The molecule has 22 heavy (non-hydrogen) atoms. The average Bonchev–Trinajstić information content (AvgIpc) is 3.00. The number of carbonyl (C=O) groups is 1. The van der Waals surface area contributed by atoms with Crippen molar-refractivity contribution in [3.05, 3.63) is 41.2 Å². The van der Waals surface area contributed by atoms with E-state index < -0.39 is 0 Å². The van der Waals surface area contributed by atoms with Crippen LogP contribution in [0.3, 0.4) is 0 Å². The van der Waals surface area contributed by atoms with Gasteiger partial charge in [-0.25, -0.2) is 4.98 Å². The van der Waals surface area contributed by atoms with Crippen LogP contribution >= 0.6 is 11.6 Å². The van der Waals surface area contributed by atoms with E-state index in [4.69, 9.17) is 16.7 Å². The lowest BCUT2D eigenvalue weighted by Gasteiger charge is -2.24. The van der Waals surface area contributed by atoms with Gasteiger partial charge in [0, 0.05) is 24.6 Å². The summed E-state index contributed by atoms with van der Waals surface area (Å²) in [7, 11) is 0. The number of nitrogens with zero attached hydrogens (tertiary/aromatic N) is 2. The molecular formula is C17H19ClN2O2. The molecule has 4 nitrogen and oxygen atoms in total. The molecule has 2 aromatic rings. The van der Waals surface area contributed by atoms with Crippen LogP contribution in [0, 0.1) is 0 Å². The van der Waals surface area contributed by atoms with Crippen molar-refractivity contribution in [2.75, 3.05) is 13.2 Å². The maximum Gasteiger partial charge on any atom is 0.272 e. The predicted molar refractivity (Wildman–Crippen MR) is 87.1 cm³/mol. The van der Waals surface area contributed by atoms with Crippen molar-refractivity contribution in [1.82, 2.24) is 9.88 Å². The Bertz CT molecular complexity index is 689. The normalized spacial score (nSPS) is 18.1. The van der Waals surface area contributed by atoms with Crippen LogP contribution in [-0.2, 0) is 0 Å². The Morgan fingerprint density at radius 2 is 2.23 bits per heavy atom. The first-order valence-corrected chi connectivity index (χ1v) is 8.05. The van der Waals surface area contributed by atoms with Gasteiger partial charge < -0.3 is 10.0 Å². The van der Waals surface area contributed by atoms with Gasteiger partial charge in [0.2, 0.25) is 0 Å². The first kappa shape index (κ1) is 15.3. The highest BCUT2D eigenvalue weighted by Gasteiger charge is 2.29. The summed E-state index contributed by atoms with van der Waals surface area (Å²) < 4.78 is 0. The van der Waals surface area contributed by atoms with Gasteiger partial charge in [0.15, 0.2) is 0 Å². The van der Waals surface area contributed by atoms with Gasteiger partial charge in [-0.2, -0.15) is 0 Å². The van der Waals surface area contributed by atoms with Crippen molar-refractivity contribution in [2.24, 2.45) is 0 Å². The Balaban J connectivity index is 1.88. The van der Waals surface area contributed by atoms with Gasteiger partial charge in [-0.05, 0) is 37.1 Å². The van der Waals surface area contributed by atoms with E-state index in [2.05, 4.69) is 4.98 Å². The molecule has 0 radical (unpaired) electrons. The van der Waals surface area contributed by atoms with Crippen molar-refractivity contribution in [3.63, 3.8) is 0 Å². The zero-order chi connectivity index (χ0) is 15.5. The molecule has 1 fully saturated rings. The Kier molecular flexibility index (Phi) is 4.60. The molecule has 1 aromatic carbocycles. The van der Waals surface area contributed by atoms with Gasteiger partial charge in [0.05, 0.1) is 0 Å². The van der Waals surface area contributed by atoms with Crippen molar-refractivity contribution < 1.29 is 9.90 Å². The van der Waals surface area contributed by atoms with Crippen molar-refractivity contribution in [2.45, 2.75) is 31.7 Å². The second-order valence-corrected chi connectivity index (χ2v) is 6.04. The number of fused-ring (bicyclic) bond motifs is 1. The molecule has 1 N–H and O–H groups in total. The fourth-order valence-corrected chi connectivity index (χ4v) is 3.41. The number of rotatable bonds is 4. The van der Waals surface area contributed by atoms with Gasteiger partial charge in [-0.3, -0.25) is 4.79 Å². The van der Waals surface area contributed by atoms with E-state index in [0.29, 0.717) is 10.8 Å². The minimum absolute atomic E-state index is 0.0620. The summed E-state index contributed by atoms with van der Waals surface area (Å²) in [6, 6.07) is 9.68. The number of hydrogen-bond acceptors (Lipinski definition) is 3. The standard InChI is InChI=1S/C17H19ClN2O2/c18-16-14-8-2-1-5-12(14)11-15(19-16)17(22)20-9-3-6-13(20)7-4-10-21/h1-2,5,8,11,13,21H,3-4,6-7,9-10H2. The van der Waals surface area contributed by atoms with Crippen LogP contribution in [0.4, 0.5) is 0 Å². The van der Waals surface area contributed by atoms with E-state index >= 15 is 0 Å². The Morgan fingerprint density at radius 3 is 3.05 bits per heavy atom. The quantitative estimate of drug-likeness (QED) is 0.880. The fourth-order valence-electron chi connectivity index (χ4n) is 3.14. The van der Waals surface area contributed by atoms with E-state index in [1.807, 2.05) is 35.2 Å². The van der Waals surface area contributed by atoms with Crippen LogP contribution in [0.25, 0.3) is 10.8 Å². The lowest BCUT2D eigenvalue weighted by molar-refractivity contribution is 0.0718. The number of aliphatic hydroxyl groups excluding tert-OH is 1. The molecule has 1 saturated heterocycles. The van der Waals surface area contributed by atoms with E-state index in [-0.39, 0.29) is 18.6 Å². The average molecular weight is 319 g/mol. The maximum atomic E-state index is 12.8. The summed E-state index contributed by atoms with van der Waals surface area (Å²) in [6.07, 6.45) is 3.56. The number of pyridine rings is 1. The molecule has 0 aliphatic carbocycles. The summed E-state index contributed by atoms with van der Waals surface area (Å²) in [5.41, 5.74) is 0.402. The minimum atomic E-state index is -0.0620. The predicted octanol–water partition coefficient (Wildman–Crippen LogP) is 3.27. The van der Waals surface area contributed by atoms with Crippen LogP contribution in [0.2, 0.25) is 5.15 Å². The number of aromatic nitrogens is 1. The molecule has 116 valence electrons. The number of amides is 1. The smallest absolute Gasteiger partial charge is 0.272 e. The summed E-state index contributed by atoms with van der Waals surface area (Å²) in [5, 5.41) is 11.1. The van der Waals surface area contributed by atoms with Gasteiger partial charge in [0.1, 0.15) is 10.8 Å². The van der Waals surface area contributed by atoms with Crippen LogP contribution in [0.1, 0.15) is 36.2 Å². The molecule has 0 bridgehead atoms. The first-order chi connectivity index (χ1) is 10.7. The lowest BCUT2D eigenvalue weighted by Crippen LogP contribution is -2.36. The zero-order valence-electron chi connectivity index (χ0n) is 12.3.